The molecule has 152 valence electrons. The molecule has 1 saturated heterocycles. The summed E-state index contributed by atoms with van der Waals surface area (Å²) in [6.07, 6.45) is 1.15. The zero-order valence-electron chi connectivity index (χ0n) is 16.4. The fourth-order valence-electron chi connectivity index (χ4n) is 3.40. The van der Waals surface area contributed by atoms with Crippen LogP contribution < -0.4 is 5.32 Å². The summed E-state index contributed by atoms with van der Waals surface area (Å²) in [5.41, 5.74) is 2.33. The van der Waals surface area contributed by atoms with E-state index in [1.165, 1.54) is 7.11 Å². The number of nitrogens with zero attached hydrogens (tertiary/aromatic N) is 1. The van der Waals surface area contributed by atoms with E-state index in [0.717, 1.165) is 10.0 Å². The summed E-state index contributed by atoms with van der Waals surface area (Å²) in [5.74, 6) is -0.868. The number of carbonyl (C=O) groups is 3. The molecular formula is C22H23BrN2O4. The lowest BCUT2D eigenvalue weighted by atomic mass is 9.95. The minimum Gasteiger partial charge on any atom is -0.465 e. The van der Waals surface area contributed by atoms with Gasteiger partial charge in [0.1, 0.15) is 0 Å². The molecule has 29 heavy (non-hydrogen) atoms. The molecule has 0 bridgehead atoms. The number of carbonyl (C=O) groups excluding carboxylic acids is 3. The van der Waals surface area contributed by atoms with E-state index < -0.39 is 5.97 Å². The molecule has 0 radical (unpaired) electrons. The summed E-state index contributed by atoms with van der Waals surface area (Å²) >= 11 is 3.37. The summed E-state index contributed by atoms with van der Waals surface area (Å²) < 4.78 is 5.73. The van der Waals surface area contributed by atoms with Crippen molar-refractivity contribution >= 4 is 39.4 Å². The van der Waals surface area contributed by atoms with E-state index in [-0.39, 0.29) is 17.7 Å². The van der Waals surface area contributed by atoms with Crippen LogP contribution >= 0.6 is 15.9 Å². The van der Waals surface area contributed by atoms with E-state index in [1.54, 1.807) is 29.2 Å². The Hall–Kier alpha value is -2.67. The van der Waals surface area contributed by atoms with Gasteiger partial charge in [0.2, 0.25) is 5.91 Å². The van der Waals surface area contributed by atoms with E-state index in [1.807, 2.05) is 25.1 Å². The summed E-state index contributed by atoms with van der Waals surface area (Å²) in [6.45, 7) is 2.91. The van der Waals surface area contributed by atoms with E-state index in [9.17, 15) is 14.4 Å². The first-order valence-corrected chi connectivity index (χ1v) is 10.2. The number of hydrogen-bond donors (Lipinski definition) is 1. The number of ether oxygens (including phenoxy) is 1. The maximum atomic E-state index is 12.7. The monoisotopic (exact) mass is 458 g/mol. The van der Waals surface area contributed by atoms with Gasteiger partial charge in [-0.15, -0.1) is 0 Å². The largest absolute Gasteiger partial charge is 0.465 e. The average Bonchev–Trinajstić information content (AvgIpc) is 2.74. The topological polar surface area (TPSA) is 75.7 Å². The number of amides is 2. The van der Waals surface area contributed by atoms with Gasteiger partial charge in [0, 0.05) is 29.0 Å². The van der Waals surface area contributed by atoms with Crippen LogP contribution in [0.2, 0.25) is 0 Å². The second-order valence-electron chi connectivity index (χ2n) is 7.10. The van der Waals surface area contributed by atoms with Crippen LogP contribution in [0.4, 0.5) is 5.69 Å². The Labute approximate surface area is 178 Å². The van der Waals surface area contributed by atoms with E-state index in [2.05, 4.69) is 21.2 Å². The number of benzene rings is 2. The van der Waals surface area contributed by atoms with Crippen molar-refractivity contribution in [1.29, 1.82) is 0 Å². The lowest BCUT2D eigenvalue weighted by Gasteiger charge is -2.31. The predicted molar refractivity (Wildman–Crippen MR) is 114 cm³/mol. The second kappa shape index (κ2) is 9.22. The van der Waals surface area contributed by atoms with Crippen LogP contribution in [0.3, 0.4) is 0 Å². The first-order valence-electron chi connectivity index (χ1n) is 9.43. The van der Waals surface area contributed by atoms with Gasteiger partial charge in [-0.05, 0) is 56.2 Å². The van der Waals surface area contributed by atoms with Crippen LogP contribution in [0.5, 0.6) is 0 Å². The quantitative estimate of drug-likeness (QED) is 0.701. The molecule has 1 aliphatic heterocycles. The zero-order valence-corrected chi connectivity index (χ0v) is 18.0. The molecule has 1 N–H and O–H groups in total. The maximum Gasteiger partial charge on any atom is 0.339 e. The molecule has 0 atom stereocenters. The molecule has 1 heterocycles. The molecule has 2 amide bonds. The Morgan fingerprint density at radius 1 is 1.07 bits per heavy atom. The van der Waals surface area contributed by atoms with Crippen molar-refractivity contribution in [1.82, 2.24) is 4.90 Å². The van der Waals surface area contributed by atoms with Gasteiger partial charge in [0.25, 0.3) is 5.91 Å². The van der Waals surface area contributed by atoms with Crippen LogP contribution in [0.1, 0.15) is 39.1 Å². The van der Waals surface area contributed by atoms with Crippen LogP contribution in [0.15, 0.2) is 46.9 Å². The minimum atomic E-state index is -0.487. The Balaban J connectivity index is 1.61. The highest BCUT2D eigenvalue weighted by Gasteiger charge is 2.28. The molecule has 0 spiro atoms. The third-order valence-corrected chi connectivity index (χ3v) is 5.61. The van der Waals surface area contributed by atoms with Crippen LogP contribution in [-0.4, -0.2) is 42.9 Å². The van der Waals surface area contributed by atoms with Crippen LogP contribution in [-0.2, 0) is 9.53 Å². The molecule has 7 heteroatoms. The number of hydrogen-bond acceptors (Lipinski definition) is 4. The lowest BCUT2D eigenvalue weighted by molar-refractivity contribution is -0.121. The molecule has 0 aromatic heterocycles. The van der Waals surface area contributed by atoms with Crippen molar-refractivity contribution in [3.63, 3.8) is 0 Å². The first-order chi connectivity index (χ1) is 13.9. The van der Waals surface area contributed by atoms with E-state index >= 15 is 0 Å². The predicted octanol–water partition coefficient (Wildman–Crippen LogP) is 4.04. The van der Waals surface area contributed by atoms with Crippen molar-refractivity contribution in [2.45, 2.75) is 19.8 Å². The highest BCUT2D eigenvalue weighted by molar-refractivity contribution is 9.10. The van der Waals surface area contributed by atoms with Crippen LogP contribution in [0, 0.1) is 12.8 Å². The fourth-order valence-corrected chi connectivity index (χ4v) is 3.66. The van der Waals surface area contributed by atoms with Gasteiger partial charge in [-0.1, -0.05) is 27.6 Å². The van der Waals surface area contributed by atoms with Crippen molar-refractivity contribution in [3.8, 4) is 0 Å². The smallest absolute Gasteiger partial charge is 0.339 e. The van der Waals surface area contributed by atoms with Gasteiger partial charge in [-0.3, -0.25) is 9.59 Å². The van der Waals surface area contributed by atoms with Crippen molar-refractivity contribution in [3.05, 3.63) is 63.6 Å². The number of piperidine rings is 1. The summed E-state index contributed by atoms with van der Waals surface area (Å²) in [7, 11) is 1.31. The van der Waals surface area contributed by atoms with E-state index in [4.69, 9.17) is 4.74 Å². The molecule has 6 nitrogen and oxygen atoms in total. The number of rotatable bonds is 4. The molecule has 0 aliphatic carbocycles. The molecule has 2 aromatic rings. The first kappa shape index (κ1) is 21.0. The average molecular weight is 459 g/mol. The van der Waals surface area contributed by atoms with Gasteiger partial charge >= 0.3 is 5.97 Å². The molecule has 1 fully saturated rings. The number of methoxy groups -OCH3 is 1. The summed E-state index contributed by atoms with van der Waals surface area (Å²) in [4.78, 5) is 39.1. The van der Waals surface area contributed by atoms with Gasteiger partial charge in [-0.25, -0.2) is 4.79 Å². The third kappa shape index (κ3) is 5.03. The van der Waals surface area contributed by atoms with Crippen molar-refractivity contribution in [2.24, 2.45) is 5.92 Å². The number of halogens is 1. The number of esters is 1. The molecule has 0 unspecified atom stereocenters. The normalized spacial score (nSPS) is 14.4. The van der Waals surface area contributed by atoms with Gasteiger partial charge in [-0.2, -0.15) is 0 Å². The summed E-state index contributed by atoms with van der Waals surface area (Å²) in [6, 6.07) is 12.5. The zero-order chi connectivity index (χ0) is 21.0. The number of likely N-dealkylation sites (tertiary alicyclic amines) is 1. The van der Waals surface area contributed by atoms with Crippen molar-refractivity contribution < 1.29 is 19.1 Å². The molecule has 0 saturated carbocycles. The standard InChI is InChI=1S/C22H23BrN2O4/c1-14-3-8-19(18(13-14)22(28)29-2)24-20(26)15-9-11-25(12-10-15)21(27)16-4-6-17(23)7-5-16/h3-8,13,15H,9-12H2,1-2H3,(H,24,26). The van der Waals surface area contributed by atoms with Gasteiger partial charge in [0.05, 0.1) is 18.4 Å². The van der Waals surface area contributed by atoms with Crippen molar-refractivity contribution in [2.75, 3.05) is 25.5 Å². The Morgan fingerprint density at radius 3 is 2.34 bits per heavy atom. The Bertz CT molecular complexity index is 919. The highest BCUT2D eigenvalue weighted by atomic mass is 79.9. The molecule has 2 aromatic carbocycles. The summed E-state index contributed by atoms with van der Waals surface area (Å²) in [5, 5.41) is 2.86. The number of aryl methyl sites for hydroxylation is 1. The molecule has 3 rings (SSSR count). The Morgan fingerprint density at radius 2 is 1.72 bits per heavy atom. The molecule has 1 aliphatic rings. The maximum absolute atomic E-state index is 12.7. The SMILES string of the molecule is COC(=O)c1cc(C)ccc1NC(=O)C1CCN(C(=O)c2ccc(Br)cc2)CC1. The number of nitrogens with one attached hydrogen (secondary N) is 1. The number of anilines is 1. The second-order valence-corrected chi connectivity index (χ2v) is 8.02. The molecular weight excluding hydrogens is 436 g/mol. The minimum absolute atomic E-state index is 0.0251. The van der Waals surface area contributed by atoms with Crippen LogP contribution in [0.25, 0.3) is 0 Å². The lowest BCUT2D eigenvalue weighted by Crippen LogP contribution is -2.41. The van der Waals surface area contributed by atoms with Gasteiger partial charge in [0.15, 0.2) is 0 Å². The fraction of sp³-hybridized carbons (Fsp3) is 0.318. The Kier molecular flexibility index (Phi) is 6.69. The highest BCUT2D eigenvalue weighted by Crippen LogP contribution is 2.24. The van der Waals surface area contributed by atoms with E-state index in [0.29, 0.717) is 42.7 Å². The third-order valence-electron chi connectivity index (χ3n) is 5.08. The van der Waals surface area contributed by atoms with Gasteiger partial charge < -0.3 is 15.0 Å².